The van der Waals surface area contributed by atoms with Gasteiger partial charge in [-0.25, -0.2) is 0 Å². The molecule has 1 aliphatic heterocycles. The van der Waals surface area contributed by atoms with Crippen molar-refractivity contribution in [2.45, 2.75) is 79.9 Å². The van der Waals surface area contributed by atoms with Gasteiger partial charge in [-0.1, -0.05) is 7.43 Å². The predicted molar refractivity (Wildman–Crippen MR) is 102 cm³/mol. The molecule has 1 fully saturated rings. The van der Waals surface area contributed by atoms with Crippen molar-refractivity contribution >= 4 is 5.96 Å². The zero-order valence-corrected chi connectivity index (χ0v) is 15.6. The van der Waals surface area contributed by atoms with Gasteiger partial charge in [0.05, 0.1) is 0 Å². The summed E-state index contributed by atoms with van der Waals surface area (Å²) >= 11 is 0. The summed E-state index contributed by atoms with van der Waals surface area (Å²) in [5, 5.41) is 0. The van der Waals surface area contributed by atoms with E-state index in [4.69, 9.17) is 11.5 Å². The molecule has 0 amide bonds. The van der Waals surface area contributed by atoms with Crippen molar-refractivity contribution in [3.05, 3.63) is 0 Å². The summed E-state index contributed by atoms with van der Waals surface area (Å²) in [6.07, 6.45) is 2.83. The van der Waals surface area contributed by atoms with Crippen LogP contribution in [-0.2, 0) is 0 Å². The molecule has 0 aromatic rings. The second kappa shape index (κ2) is 15.1. The lowest BCUT2D eigenvalue weighted by Crippen LogP contribution is -2.26. The number of rotatable bonds is 3. The minimum atomic E-state index is 0. The van der Waals surface area contributed by atoms with Crippen LogP contribution in [0.15, 0.2) is 4.99 Å². The van der Waals surface area contributed by atoms with Crippen LogP contribution >= 0.6 is 0 Å². The molecule has 0 aliphatic carbocycles. The summed E-state index contributed by atoms with van der Waals surface area (Å²) in [7, 11) is 4.15. The zero-order valence-electron chi connectivity index (χ0n) is 15.6. The topological polar surface area (TPSA) is 70.9 Å². The van der Waals surface area contributed by atoms with E-state index >= 15 is 0 Å². The van der Waals surface area contributed by atoms with Gasteiger partial charge in [-0.3, -0.25) is 4.99 Å². The van der Waals surface area contributed by atoms with Crippen molar-refractivity contribution in [1.29, 1.82) is 0 Å². The number of aliphatic imine (C=N–C) groups is 1. The van der Waals surface area contributed by atoms with Crippen LogP contribution in [0.2, 0.25) is 0 Å². The molecule has 0 unspecified atom stereocenters. The molecule has 0 saturated carbocycles. The zero-order chi connectivity index (χ0) is 17.0. The van der Waals surface area contributed by atoms with Crippen molar-refractivity contribution in [3.63, 3.8) is 0 Å². The van der Waals surface area contributed by atoms with Crippen molar-refractivity contribution in [2.24, 2.45) is 16.5 Å². The summed E-state index contributed by atoms with van der Waals surface area (Å²) in [4.78, 5) is 8.44. The first kappa shape index (κ1) is 26.1. The standard InChI is InChI=1S/C7H15N.C5H13N.C4H11N3.CH4/c1-7(2)8-5-3-4-6-8;1-5(2)6(3)4;1-3(2)7-4(5)6;/h7H,3-6H2,1-2H3;5H,1-4H3;3H,1-2H3,(H4,5,6,7);1H4. The van der Waals surface area contributed by atoms with E-state index in [9.17, 15) is 0 Å². The van der Waals surface area contributed by atoms with Crippen LogP contribution < -0.4 is 11.5 Å². The number of hydrogen-bond donors (Lipinski definition) is 2. The summed E-state index contributed by atoms with van der Waals surface area (Å²) < 4.78 is 0. The van der Waals surface area contributed by atoms with Crippen molar-refractivity contribution in [1.82, 2.24) is 9.80 Å². The quantitative estimate of drug-likeness (QED) is 0.620. The number of nitrogens with two attached hydrogens (primary N) is 2. The fourth-order valence-electron chi connectivity index (χ4n) is 1.56. The normalized spacial score (nSPS) is 14.2. The first-order chi connectivity index (χ1) is 9.57. The summed E-state index contributed by atoms with van der Waals surface area (Å²) in [6, 6.07) is 1.67. The Morgan fingerprint density at radius 3 is 1.41 bits per heavy atom. The van der Waals surface area contributed by atoms with E-state index in [1.165, 1.54) is 25.9 Å². The smallest absolute Gasteiger partial charge is 0.186 e. The fourth-order valence-corrected chi connectivity index (χ4v) is 1.56. The third-order valence-electron chi connectivity index (χ3n) is 3.31. The average Bonchev–Trinajstić information content (AvgIpc) is 2.81. The summed E-state index contributed by atoms with van der Waals surface area (Å²) in [5.41, 5.74) is 10.0. The molecule has 5 heteroatoms. The molecule has 0 radical (unpaired) electrons. The Morgan fingerprint density at radius 2 is 1.32 bits per heavy atom. The van der Waals surface area contributed by atoms with Crippen molar-refractivity contribution in [3.8, 4) is 0 Å². The molecular weight excluding hydrogens is 274 g/mol. The van der Waals surface area contributed by atoms with E-state index in [2.05, 4.69) is 56.6 Å². The predicted octanol–water partition coefficient (Wildman–Crippen LogP) is 2.75. The van der Waals surface area contributed by atoms with Gasteiger partial charge in [-0.15, -0.1) is 0 Å². The highest BCUT2D eigenvalue weighted by atomic mass is 15.2. The van der Waals surface area contributed by atoms with E-state index in [1.807, 2.05) is 13.8 Å². The van der Waals surface area contributed by atoms with Gasteiger partial charge in [0, 0.05) is 18.1 Å². The lowest BCUT2D eigenvalue weighted by molar-refractivity contribution is 0.276. The lowest BCUT2D eigenvalue weighted by atomic mass is 10.3. The minimum Gasteiger partial charge on any atom is -0.370 e. The Morgan fingerprint density at radius 1 is 0.955 bits per heavy atom. The molecule has 5 nitrogen and oxygen atoms in total. The van der Waals surface area contributed by atoms with E-state index < -0.39 is 0 Å². The van der Waals surface area contributed by atoms with Gasteiger partial charge >= 0.3 is 0 Å². The molecule has 0 spiro atoms. The number of guanidine groups is 1. The highest BCUT2D eigenvalue weighted by molar-refractivity contribution is 5.75. The van der Waals surface area contributed by atoms with Crippen molar-refractivity contribution in [2.75, 3.05) is 27.2 Å². The third-order valence-corrected chi connectivity index (χ3v) is 3.31. The van der Waals surface area contributed by atoms with Crippen LogP contribution in [0.4, 0.5) is 0 Å². The molecular formula is C17H43N5. The molecule has 1 heterocycles. The summed E-state index contributed by atoms with van der Waals surface area (Å²) in [5.74, 6) is 0.162. The Hall–Kier alpha value is -0.810. The Balaban J connectivity index is -0.000000244. The largest absolute Gasteiger partial charge is 0.370 e. The second-order valence-corrected chi connectivity index (χ2v) is 6.54. The highest BCUT2D eigenvalue weighted by Crippen LogP contribution is 2.09. The average molecular weight is 318 g/mol. The molecule has 0 aromatic heterocycles. The maximum absolute atomic E-state index is 5.02. The van der Waals surface area contributed by atoms with Gasteiger partial charge in [0.1, 0.15) is 0 Å². The van der Waals surface area contributed by atoms with Crippen LogP contribution in [0.25, 0.3) is 0 Å². The maximum atomic E-state index is 5.02. The van der Waals surface area contributed by atoms with Gasteiger partial charge in [-0.2, -0.15) is 0 Å². The Labute approximate surface area is 140 Å². The van der Waals surface area contributed by atoms with E-state index in [0.29, 0.717) is 6.04 Å². The van der Waals surface area contributed by atoms with Gasteiger partial charge in [-0.05, 0) is 81.6 Å². The number of hydrogen-bond acceptors (Lipinski definition) is 3. The van der Waals surface area contributed by atoms with Crippen molar-refractivity contribution < 1.29 is 0 Å². The summed E-state index contributed by atoms with van der Waals surface area (Å²) in [6.45, 7) is 15.4. The molecule has 136 valence electrons. The Kier molecular flexibility index (Phi) is 17.9. The number of nitrogens with zero attached hydrogens (tertiary/aromatic N) is 3. The highest BCUT2D eigenvalue weighted by Gasteiger charge is 2.13. The van der Waals surface area contributed by atoms with E-state index in [1.54, 1.807) is 0 Å². The molecule has 1 aliphatic rings. The van der Waals surface area contributed by atoms with Crippen LogP contribution in [0.5, 0.6) is 0 Å². The first-order valence-electron chi connectivity index (χ1n) is 8.07. The molecule has 0 bridgehead atoms. The van der Waals surface area contributed by atoms with E-state index in [0.717, 1.165) is 6.04 Å². The van der Waals surface area contributed by atoms with Gasteiger partial charge in [0.15, 0.2) is 5.96 Å². The SMILES string of the molecule is C.CC(C)N(C)C.CC(C)N1CCCC1.CC(C)N=C(N)N. The molecule has 0 aromatic carbocycles. The fraction of sp³-hybridized carbons (Fsp3) is 0.941. The lowest BCUT2D eigenvalue weighted by Gasteiger charge is -2.18. The minimum absolute atomic E-state index is 0. The van der Waals surface area contributed by atoms with Gasteiger partial charge in [0.2, 0.25) is 0 Å². The molecule has 1 saturated heterocycles. The Bertz CT molecular complexity index is 244. The van der Waals surface area contributed by atoms with Crippen LogP contribution in [0.1, 0.15) is 61.8 Å². The maximum Gasteiger partial charge on any atom is 0.186 e. The molecule has 4 N–H and O–H groups in total. The van der Waals surface area contributed by atoms with E-state index in [-0.39, 0.29) is 19.4 Å². The molecule has 1 rings (SSSR count). The first-order valence-corrected chi connectivity index (χ1v) is 8.07. The number of likely N-dealkylation sites (tertiary alicyclic amines) is 1. The molecule has 22 heavy (non-hydrogen) atoms. The second-order valence-electron chi connectivity index (χ2n) is 6.54. The van der Waals surface area contributed by atoms with Crippen LogP contribution in [0, 0.1) is 0 Å². The third kappa shape index (κ3) is 19.2. The van der Waals surface area contributed by atoms with Gasteiger partial charge in [0.25, 0.3) is 0 Å². The van der Waals surface area contributed by atoms with Gasteiger partial charge < -0.3 is 21.3 Å². The van der Waals surface area contributed by atoms with Crippen LogP contribution in [-0.4, -0.2) is 61.1 Å². The monoisotopic (exact) mass is 317 g/mol. The van der Waals surface area contributed by atoms with Crippen LogP contribution in [0.3, 0.4) is 0 Å². The molecule has 0 atom stereocenters.